The Balaban J connectivity index is 2.27. The minimum atomic E-state index is 0.990. The molecule has 0 aliphatic heterocycles. The zero-order valence-electron chi connectivity index (χ0n) is 9.05. The molecule has 0 aliphatic rings. The van der Waals surface area contributed by atoms with Crippen molar-refractivity contribution in [2.45, 2.75) is 39.0 Å². The number of hydrogen-bond acceptors (Lipinski definition) is 4. The molecule has 0 aromatic carbocycles. The van der Waals surface area contributed by atoms with Gasteiger partial charge in [-0.05, 0) is 13.5 Å². The number of rotatable bonds is 7. The SMILES string of the molecule is CCCCCc1nnc(CCNC)s1. The van der Waals surface area contributed by atoms with Gasteiger partial charge in [0.05, 0.1) is 0 Å². The fourth-order valence-electron chi connectivity index (χ4n) is 1.25. The van der Waals surface area contributed by atoms with E-state index in [0.29, 0.717) is 0 Å². The van der Waals surface area contributed by atoms with Crippen LogP contribution in [0.2, 0.25) is 0 Å². The normalized spacial score (nSPS) is 10.7. The summed E-state index contributed by atoms with van der Waals surface area (Å²) in [5.41, 5.74) is 0. The van der Waals surface area contributed by atoms with Gasteiger partial charge in [-0.2, -0.15) is 0 Å². The number of aromatic nitrogens is 2. The van der Waals surface area contributed by atoms with Gasteiger partial charge in [0.2, 0.25) is 0 Å². The van der Waals surface area contributed by atoms with Crippen LogP contribution in [0.5, 0.6) is 0 Å². The van der Waals surface area contributed by atoms with Gasteiger partial charge in [0, 0.05) is 19.4 Å². The van der Waals surface area contributed by atoms with Crippen molar-refractivity contribution in [1.29, 1.82) is 0 Å². The molecule has 1 N–H and O–H groups in total. The topological polar surface area (TPSA) is 37.8 Å². The van der Waals surface area contributed by atoms with Crippen LogP contribution in [0.15, 0.2) is 0 Å². The third-order valence-electron chi connectivity index (χ3n) is 2.09. The Bertz CT molecular complexity index is 247. The molecular formula is C10H19N3S. The van der Waals surface area contributed by atoms with Gasteiger partial charge in [-0.25, -0.2) is 0 Å². The second-order valence-corrected chi connectivity index (χ2v) is 4.55. The Kier molecular flexibility index (Phi) is 5.71. The number of nitrogens with one attached hydrogen (secondary N) is 1. The van der Waals surface area contributed by atoms with Gasteiger partial charge in [0.1, 0.15) is 10.0 Å². The minimum Gasteiger partial charge on any atom is -0.319 e. The second kappa shape index (κ2) is 6.90. The number of aryl methyl sites for hydroxylation is 1. The molecule has 4 heteroatoms. The Labute approximate surface area is 89.9 Å². The van der Waals surface area contributed by atoms with E-state index in [4.69, 9.17) is 0 Å². The van der Waals surface area contributed by atoms with Crippen molar-refractivity contribution in [1.82, 2.24) is 15.5 Å². The quantitative estimate of drug-likeness (QED) is 0.704. The summed E-state index contributed by atoms with van der Waals surface area (Å²) in [7, 11) is 1.96. The van der Waals surface area contributed by atoms with E-state index in [1.54, 1.807) is 11.3 Å². The molecule has 1 rings (SSSR count). The maximum atomic E-state index is 4.18. The molecule has 0 amide bonds. The van der Waals surface area contributed by atoms with Crippen LogP contribution < -0.4 is 5.32 Å². The summed E-state index contributed by atoms with van der Waals surface area (Å²) >= 11 is 1.76. The van der Waals surface area contributed by atoms with Gasteiger partial charge in [-0.1, -0.05) is 19.8 Å². The molecule has 1 aromatic heterocycles. The molecule has 0 bridgehead atoms. The smallest absolute Gasteiger partial charge is 0.118 e. The summed E-state index contributed by atoms with van der Waals surface area (Å²) in [6.45, 7) is 3.21. The monoisotopic (exact) mass is 213 g/mol. The minimum absolute atomic E-state index is 0.990. The molecule has 0 radical (unpaired) electrons. The van der Waals surface area contributed by atoms with Crippen LogP contribution in [-0.2, 0) is 12.8 Å². The summed E-state index contributed by atoms with van der Waals surface area (Å²) in [4.78, 5) is 0. The average molecular weight is 213 g/mol. The second-order valence-electron chi connectivity index (χ2n) is 3.40. The number of hydrogen-bond donors (Lipinski definition) is 1. The molecule has 80 valence electrons. The van der Waals surface area contributed by atoms with E-state index >= 15 is 0 Å². The summed E-state index contributed by atoms with van der Waals surface area (Å²) in [5, 5.41) is 13.8. The van der Waals surface area contributed by atoms with Crippen molar-refractivity contribution in [2.75, 3.05) is 13.6 Å². The first-order valence-corrected chi connectivity index (χ1v) is 6.14. The largest absolute Gasteiger partial charge is 0.319 e. The maximum Gasteiger partial charge on any atom is 0.118 e. The molecule has 1 aromatic rings. The highest BCUT2D eigenvalue weighted by Crippen LogP contribution is 2.13. The maximum absolute atomic E-state index is 4.18. The highest BCUT2D eigenvalue weighted by molar-refractivity contribution is 7.11. The molecule has 0 atom stereocenters. The molecule has 0 fully saturated rings. The van der Waals surface area contributed by atoms with Crippen molar-refractivity contribution in [3.63, 3.8) is 0 Å². The third-order valence-corrected chi connectivity index (χ3v) is 3.13. The average Bonchev–Trinajstić information content (AvgIpc) is 2.63. The van der Waals surface area contributed by atoms with E-state index in [1.807, 2.05) is 7.05 Å². The number of nitrogens with zero attached hydrogens (tertiary/aromatic N) is 2. The van der Waals surface area contributed by atoms with Gasteiger partial charge in [-0.3, -0.25) is 0 Å². The lowest BCUT2D eigenvalue weighted by molar-refractivity contribution is 0.708. The van der Waals surface area contributed by atoms with Crippen LogP contribution in [0.4, 0.5) is 0 Å². The van der Waals surface area contributed by atoms with Crippen LogP contribution in [0.3, 0.4) is 0 Å². The highest BCUT2D eigenvalue weighted by atomic mass is 32.1. The van der Waals surface area contributed by atoms with Crippen LogP contribution in [0.25, 0.3) is 0 Å². The zero-order chi connectivity index (χ0) is 10.2. The molecule has 0 aliphatic carbocycles. The lowest BCUT2D eigenvalue weighted by Crippen LogP contribution is -2.09. The van der Waals surface area contributed by atoms with Crippen LogP contribution in [0, 0.1) is 0 Å². The fraction of sp³-hybridized carbons (Fsp3) is 0.800. The highest BCUT2D eigenvalue weighted by Gasteiger charge is 2.02. The Hall–Kier alpha value is -0.480. The predicted molar refractivity (Wildman–Crippen MR) is 60.8 cm³/mol. The van der Waals surface area contributed by atoms with Crippen molar-refractivity contribution < 1.29 is 0 Å². The van der Waals surface area contributed by atoms with Crippen molar-refractivity contribution in [3.05, 3.63) is 10.0 Å². The third kappa shape index (κ3) is 4.15. The fourth-order valence-corrected chi connectivity index (χ4v) is 2.13. The van der Waals surface area contributed by atoms with Crippen molar-refractivity contribution in [3.8, 4) is 0 Å². The zero-order valence-corrected chi connectivity index (χ0v) is 9.86. The summed E-state index contributed by atoms with van der Waals surface area (Å²) in [6, 6.07) is 0. The first kappa shape index (κ1) is 11.6. The lowest BCUT2D eigenvalue weighted by Gasteiger charge is -1.93. The Morgan fingerprint density at radius 2 is 1.86 bits per heavy atom. The molecule has 0 unspecified atom stereocenters. The Morgan fingerprint density at radius 3 is 2.50 bits per heavy atom. The van der Waals surface area contributed by atoms with Crippen molar-refractivity contribution in [2.24, 2.45) is 0 Å². The van der Waals surface area contributed by atoms with Gasteiger partial charge in [-0.15, -0.1) is 21.5 Å². The first-order chi connectivity index (χ1) is 6.86. The van der Waals surface area contributed by atoms with E-state index in [1.165, 1.54) is 24.3 Å². The summed E-state index contributed by atoms with van der Waals surface area (Å²) < 4.78 is 0. The van der Waals surface area contributed by atoms with E-state index < -0.39 is 0 Å². The van der Waals surface area contributed by atoms with Gasteiger partial charge < -0.3 is 5.32 Å². The first-order valence-electron chi connectivity index (χ1n) is 5.32. The number of likely N-dealkylation sites (N-methyl/N-ethyl adjacent to an activating group) is 1. The molecular weight excluding hydrogens is 194 g/mol. The van der Waals surface area contributed by atoms with E-state index in [-0.39, 0.29) is 0 Å². The van der Waals surface area contributed by atoms with Crippen LogP contribution in [-0.4, -0.2) is 23.8 Å². The van der Waals surface area contributed by atoms with E-state index in [2.05, 4.69) is 22.4 Å². The molecule has 0 saturated carbocycles. The Morgan fingerprint density at radius 1 is 1.14 bits per heavy atom. The standard InChI is InChI=1S/C10H19N3S/c1-3-4-5-6-9-12-13-10(14-9)7-8-11-2/h11H,3-8H2,1-2H3. The molecule has 1 heterocycles. The van der Waals surface area contributed by atoms with Gasteiger partial charge >= 0.3 is 0 Å². The van der Waals surface area contributed by atoms with E-state index in [0.717, 1.165) is 24.4 Å². The molecule has 3 nitrogen and oxygen atoms in total. The molecule has 0 saturated heterocycles. The summed E-state index contributed by atoms with van der Waals surface area (Å²) in [6.07, 6.45) is 5.92. The lowest BCUT2D eigenvalue weighted by atomic mass is 10.2. The number of unbranched alkanes of at least 4 members (excludes halogenated alkanes) is 2. The predicted octanol–water partition coefficient (Wildman–Crippen LogP) is 2.03. The van der Waals surface area contributed by atoms with Crippen LogP contribution in [0.1, 0.15) is 36.2 Å². The van der Waals surface area contributed by atoms with Gasteiger partial charge in [0.25, 0.3) is 0 Å². The molecule has 14 heavy (non-hydrogen) atoms. The van der Waals surface area contributed by atoms with Crippen molar-refractivity contribution >= 4 is 11.3 Å². The van der Waals surface area contributed by atoms with E-state index in [9.17, 15) is 0 Å². The van der Waals surface area contributed by atoms with Crippen LogP contribution >= 0.6 is 11.3 Å². The van der Waals surface area contributed by atoms with Gasteiger partial charge in [0.15, 0.2) is 0 Å². The molecule has 0 spiro atoms. The summed E-state index contributed by atoms with van der Waals surface area (Å²) in [5.74, 6) is 0.